The van der Waals surface area contributed by atoms with Gasteiger partial charge in [-0.2, -0.15) is 0 Å². The minimum Gasteiger partial charge on any atom is -0.478 e. The lowest BCUT2D eigenvalue weighted by Gasteiger charge is -2.08. The van der Waals surface area contributed by atoms with Gasteiger partial charge in [-0.3, -0.25) is 14.6 Å². The third-order valence-electron chi connectivity index (χ3n) is 2.80. The molecule has 0 radical (unpaired) electrons. The summed E-state index contributed by atoms with van der Waals surface area (Å²) in [5.74, 6) is -1.53. The molecule has 108 valence electrons. The lowest BCUT2D eigenvalue weighted by molar-refractivity contribution is -0.116. The Hall–Kier alpha value is -2.96. The van der Waals surface area contributed by atoms with Gasteiger partial charge < -0.3 is 15.0 Å². The molecule has 2 rings (SSSR count). The van der Waals surface area contributed by atoms with E-state index in [2.05, 4.69) is 10.3 Å². The highest BCUT2D eigenvalue weighted by atomic mass is 16.4. The number of amides is 1. The topological polar surface area (TPSA) is 101 Å². The van der Waals surface area contributed by atoms with E-state index in [0.29, 0.717) is 0 Å². The molecule has 0 aliphatic carbocycles. The average molecular weight is 287 g/mol. The summed E-state index contributed by atoms with van der Waals surface area (Å²) in [6.45, 7) is 0.216. The first-order chi connectivity index (χ1) is 10.1. The lowest BCUT2D eigenvalue weighted by atomic mass is 10.2. The van der Waals surface area contributed by atoms with Crippen molar-refractivity contribution in [3.05, 3.63) is 58.8 Å². The van der Waals surface area contributed by atoms with Crippen molar-refractivity contribution in [2.45, 2.75) is 13.0 Å². The molecule has 2 aromatic heterocycles. The molecule has 2 aromatic rings. The van der Waals surface area contributed by atoms with Crippen LogP contribution >= 0.6 is 0 Å². The number of aryl methyl sites for hydroxylation is 1. The zero-order chi connectivity index (χ0) is 15.2. The number of aromatic nitrogens is 2. The van der Waals surface area contributed by atoms with E-state index in [1.54, 1.807) is 18.3 Å². The van der Waals surface area contributed by atoms with Gasteiger partial charge in [0.05, 0.1) is 17.4 Å². The number of carbonyl (C=O) groups is 2. The minimum atomic E-state index is -1.15. The third kappa shape index (κ3) is 3.75. The number of pyridine rings is 2. The number of nitrogens with one attached hydrogen (secondary N) is 1. The summed E-state index contributed by atoms with van der Waals surface area (Å²) in [5, 5.41) is 11.5. The van der Waals surface area contributed by atoms with E-state index in [0.717, 1.165) is 0 Å². The summed E-state index contributed by atoms with van der Waals surface area (Å²) >= 11 is 0. The zero-order valence-electron chi connectivity index (χ0n) is 11.0. The van der Waals surface area contributed by atoms with Crippen molar-refractivity contribution in [3.8, 4) is 0 Å². The minimum absolute atomic E-state index is 0.0322. The van der Waals surface area contributed by atoms with Crippen LogP contribution in [0.15, 0.2) is 47.7 Å². The van der Waals surface area contributed by atoms with Gasteiger partial charge in [0.1, 0.15) is 0 Å². The number of hydrogen-bond donors (Lipinski definition) is 2. The summed E-state index contributed by atoms with van der Waals surface area (Å²) in [6.07, 6.45) is 4.25. The van der Waals surface area contributed by atoms with Crippen LogP contribution in [0.5, 0.6) is 0 Å². The number of aromatic carboxylic acids is 1. The smallest absolute Gasteiger partial charge is 0.337 e. The van der Waals surface area contributed by atoms with Crippen LogP contribution in [0.4, 0.5) is 5.69 Å². The third-order valence-corrected chi connectivity index (χ3v) is 2.80. The van der Waals surface area contributed by atoms with Gasteiger partial charge in [0, 0.05) is 31.4 Å². The SMILES string of the molecule is O=C(CCn1ccccc1=O)Nc1cnccc1C(=O)O. The van der Waals surface area contributed by atoms with Crippen LogP contribution in [0.2, 0.25) is 0 Å². The van der Waals surface area contributed by atoms with Crippen molar-refractivity contribution in [1.82, 2.24) is 9.55 Å². The molecule has 0 saturated carbocycles. The van der Waals surface area contributed by atoms with Gasteiger partial charge in [0.25, 0.3) is 5.56 Å². The molecule has 0 spiro atoms. The number of hydrogen-bond acceptors (Lipinski definition) is 4. The highest BCUT2D eigenvalue weighted by Gasteiger charge is 2.12. The maximum Gasteiger partial charge on any atom is 0.337 e. The average Bonchev–Trinajstić information content (AvgIpc) is 2.47. The largest absolute Gasteiger partial charge is 0.478 e. The molecule has 0 bridgehead atoms. The first-order valence-electron chi connectivity index (χ1n) is 6.20. The summed E-state index contributed by atoms with van der Waals surface area (Å²) in [7, 11) is 0. The van der Waals surface area contributed by atoms with Gasteiger partial charge in [0.15, 0.2) is 0 Å². The molecule has 0 unspecified atom stereocenters. The van der Waals surface area contributed by atoms with Gasteiger partial charge in [-0.05, 0) is 12.1 Å². The predicted octanol–water partition coefficient (Wildman–Crippen LogP) is 0.970. The van der Waals surface area contributed by atoms with Crippen molar-refractivity contribution < 1.29 is 14.7 Å². The number of carboxylic acids is 1. The maximum absolute atomic E-state index is 11.8. The Morgan fingerprint density at radius 1 is 1.29 bits per heavy atom. The number of carbonyl (C=O) groups excluding carboxylic acids is 1. The normalized spacial score (nSPS) is 10.1. The van der Waals surface area contributed by atoms with Crippen molar-refractivity contribution in [2.75, 3.05) is 5.32 Å². The molecule has 2 heterocycles. The molecule has 0 aromatic carbocycles. The summed E-state index contributed by atoms with van der Waals surface area (Å²) in [4.78, 5) is 38.1. The predicted molar refractivity (Wildman–Crippen MR) is 75.1 cm³/mol. The van der Waals surface area contributed by atoms with Crippen molar-refractivity contribution in [2.24, 2.45) is 0 Å². The fourth-order valence-corrected chi connectivity index (χ4v) is 1.76. The van der Waals surface area contributed by atoms with Crippen molar-refractivity contribution >= 4 is 17.6 Å². The molecular weight excluding hydrogens is 274 g/mol. The summed E-state index contributed by atoms with van der Waals surface area (Å²) < 4.78 is 1.40. The van der Waals surface area contributed by atoms with Crippen LogP contribution in [0.1, 0.15) is 16.8 Å². The van der Waals surface area contributed by atoms with Gasteiger partial charge in [-0.15, -0.1) is 0 Å². The molecule has 7 nitrogen and oxygen atoms in total. The monoisotopic (exact) mass is 287 g/mol. The summed E-state index contributed by atoms with van der Waals surface area (Å²) in [6, 6.07) is 6.03. The molecule has 21 heavy (non-hydrogen) atoms. The van der Waals surface area contributed by atoms with Crippen LogP contribution < -0.4 is 10.9 Å². The Kier molecular flexibility index (Phi) is 4.45. The second-order valence-electron chi connectivity index (χ2n) is 4.26. The van der Waals surface area contributed by atoms with Crippen molar-refractivity contribution in [3.63, 3.8) is 0 Å². The zero-order valence-corrected chi connectivity index (χ0v) is 11.0. The van der Waals surface area contributed by atoms with E-state index < -0.39 is 5.97 Å². The molecule has 0 saturated heterocycles. The first-order valence-corrected chi connectivity index (χ1v) is 6.20. The standard InChI is InChI=1S/C14H13N3O4/c18-12(5-8-17-7-2-1-3-13(17)19)16-11-9-15-6-4-10(11)14(20)21/h1-4,6-7,9H,5,8H2,(H,16,18)(H,20,21). The van der Waals surface area contributed by atoms with Crippen LogP contribution in [0, 0.1) is 0 Å². The molecule has 1 amide bonds. The fraction of sp³-hybridized carbons (Fsp3) is 0.143. The van der Waals surface area contributed by atoms with Crippen LogP contribution in [-0.2, 0) is 11.3 Å². The molecule has 0 atom stereocenters. The molecule has 7 heteroatoms. The van der Waals surface area contributed by atoms with E-state index in [1.807, 2.05) is 0 Å². The summed E-state index contributed by atoms with van der Waals surface area (Å²) in [5.41, 5.74) is -0.0939. The lowest BCUT2D eigenvalue weighted by Crippen LogP contribution is -2.22. The van der Waals surface area contributed by atoms with E-state index in [-0.39, 0.29) is 35.7 Å². The quantitative estimate of drug-likeness (QED) is 0.853. The van der Waals surface area contributed by atoms with E-state index in [4.69, 9.17) is 5.11 Å². The number of rotatable bonds is 5. The van der Waals surface area contributed by atoms with Crippen LogP contribution in [0.3, 0.4) is 0 Å². The number of anilines is 1. The van der Waals surface area contributed by atoms with Crippen molar-refractivity contribution in [1.29, 1.82) is 0 Å². The number of carboxylic acid groups (broad SMARTS) is 1. The first kappa shape index (κ1) is 14.4. The second-order valence-corrected chi connectivity index (χ2v) is 4.26. The second kappa shape index (κ2) is 6.47. The van der Waals surface area contributed by atoms with E-state index >= 15 is 0 Å². The van der Waals surface area contributed by atoms with Gasteiger partial charge in [-0.25, -0.2) is 4.79 Å². The fourth-order valence-electron chi connectivity index (χ4n) is 1.76. The van der Waals surface area contributed by atoms with Crippen LogP contribution in [0.25, 0.3) is 0 Å². The Bertz CT molecular complexity index is 724. The maximum atomic E-state index is 11.8. The Balaban J connectivity index is 2.01. The van der Waals surface area contributed by atoms with Gasteiger partial charge >= 0.3 is 5.97 Å². The Labute approximate surface area is 119 Å². The number of nitrogens with zero attached hydrogens (tertiary/aromatic N) is 2. The molecule has 2 N–H and O–H groups in total. The van der Waals surface area contributed by atoms with Crippen LogP contribution in [-0.4, -0.2) is 26.5 Å². The molecule has 0 fully saturated rings. The van der Waals surface area contributed by atoms with Gasteiger partial charge in [-0.1, -0.05) is 6.07 Å². The Morgan fingerprint density at radius 2 is 2.10 bits per heavy atom. The Morgan fingerprint density at radius 3 is 2.81 bits per heavy atom. The molecular formula is C14H13N3O4. The highest BCUT2D eigenvalue weighted by molar-refractivity contribution is 6.00. The molecule has 0 aliphatic rings. The van der Waals surface area contributed by atoms with E-state index in [9.17, 15) is 14.4 Å². The van der Waals surface area contributed by atoms with E-state index in [1.165, 1.54) is 29.1 Å². The molecule has 0 aliphatic heterocycles. The van der Waals surface area contributed by atoms with Gasteiger partial charge in [0.2, 0.25) is 5.91 Å². The highest BCUT2D eigenvalue weighted by Crippen LogP contribution is 2.13.